The number of carbonyl (C=O) groups is 2. The number of unbranched alkanes of at least 4 members (excludes halogenated alkanes) is 1. The summed E-state index contributed by atoms with van der Waals surface area (Å²) in [7, 11) is 0. The van der Waals surface area contributed by atoms with E-state index in [1.165, 1.54) is 21.2 Å². The molecule has 21 heavy (non-hydrogen) atoms. The summed E-state index contributed by atoms with van der Waals surface area (Å²) in [4.78, 5) is 36.6. The maximum absolute atomic E-state index is 12.2. The number of nitrogens with zero attached hydrogens (tertiary/aromatic N) is 3. The van der Waals surface area contributed by atoms with E-state index in [-0.39, 0.29) is 17.6 Å². The van der Waals surface area contributed by atoms with E-state index in [9.17, 15) is 14.4 Å². The largest absolute Gasteiger partial charge is 0.343 e. The van der Waals surface area contributed by atoms with Gasteiger partial charge in [-0.1, -0.05) is 25.1 Å². The lowest BCUT2D eigenvalue weighted by molar-refractivity contribution is -0.126. The lowest BCUT2D eigenvalue weighted by atomic mass is 10.3. The molecule has 1 saturated heterocycles. The predicted octanol–water partition coefficient (Wildman–Crippen LogP) is 0.404. The minimum atomic E-state index is -0.482. The number of nitrogens with one attached hydrogen (secondary N) is 2. The van der Waals surface area contributed by atoms with Crippen LogP contribution in [0.3, 0.4) is 0 Å². The summed E-state index contributed by atoms with van der Waals surface area (Å²) in [5.41, 5.74) is -0.274. The van der Waals surface area contributed by atoms with Crippen molar-refractivity contribution < 1.29 is 9.59 Å². The zero-order chi connectivity index (χ0) is 15.4. The fourth-order valence-electron chi connectivity index (χ4n) is 2.02. The van der Waals surface area contributed by atoms with Gasteiger partial charge in [0.1, 0.15) is 0 Å². The molecule has 1 aromatic rings. The molecule has 1 fully saturated rings. The monoisotopic (exact) mass is 313 g/mol. The van der Waals surface area contributed by atoms with Crippen molar-refractivity contribution in [2.45, 2.75) is 43.6 Å². The van der Waals surface area contributed by atoms with Gasteiger partial charge in [0.2, 0.25) is 5.91 Å². The van der Waals surface area contributed by atoms with Gasteiger partial charge in [-0.05, 0) is 13.3 Å². The molecule has 116 valence electrons. The summed E-state index contributed by atoms with van der Waals surface area (Å²) < 4.78 is 1.53. The van der Waals surface area contributed by atoms with Crippen molar-refractivity contribution in [1.82, 2.24) is 25.0 Å². The molecule has 1 aromatic heterocycles. The van der Waals surface area contributed by atoms with Crippen molar-refractivity contribution in [3.8, 4) is 0 Å². The third-order valence-electron chi connectivity index (χ3n) is 3.21. The van der Waals surface area contributed by atoms with E-state index in [2.05, 4.69) is 15.5 Å². The third kappa shape index (κ3) is 3.46. The highest BCUT2D eigenvalue weighted by Gasteiger charge is 2.31. The summed E-state index contributed by atoms with van der Waals surface area (Å²) >= 11 is 1.19. The normalized spacial score (nSPS) is 16.1. The molecule has 2 heterocycles. The Bertz CT molecular complexity index is 582. The lowest BCUT2D eigenvalue weighted by Crippen LogP contribution is -2.39. The van der Waals surface area contributed by atoms with Crippen LogP contribution in [0.4, 0.5) is 4.79 Å². The third-order valence-corrected chi connectivity index (χ3v) is 4.29. The molecule has 0 radical (unpaired) electrons. The topological polar surface area (TPSA) is 100 Å². The van der Waals surface area contributed by atoms with Gasteiger partial charge in [0, 0.05) is 19.6 Å². The van der Waals surface area contributed by atoms with Crippen molar-refractivity contribution in [1.29, 1.82) is 0 Å². The Balaban J connectivity index is 2.05. The Labute approximate surface area is 126 Å². The molecule has 1 aliphatic rings. The highest BCUT2D eigenvalue weighted by Crippen LogP contribution is 2.22. The lowest BCUT2D eigenvalue weighted by Gasteiger charge is -2.17. The standard InChI is InChI=1S/C12H19N5O3S/c1-3-4-6-17-11(20)14-15-12(17)21-8(2)9(18)16-7-5-13-10(16)19/h8H,3-7H2,1-2H3,(H,13,19)(H,14,20)/t8-/m1/s1. The highest BCUT2D eigenvalue weighted by atomic mass is 32.2. The second kappa shape index (κ2) is 6.79. The van der Waals surface area contributed by atoms with Crippen LogP contribution in [0, 0.1) is 0 Å². The van der Waals surface area contributed by atoms with E-state index in [4.69, 9.17) is 0 Å². The van der Waals surface area contributed by atoms with E-state index >= 15 is 0 Å². The van der Waals surface area contributed by atoms with Gasteiger partial charge in [0.05, 0.1) is 5.25 Å². The molecule has 1 aliphatic heterocycles. The average Bonchev–Trinajstić information content (AvgIpc) is 3.03. The fraction of sp³-hybridized carbons (Fsp3) is 0.667. The van der Waals surface area contributed by atoms with Crippen molar-refractivity contribution in [2.24, 2.45) is 0 Å². The number of amides is 3. The minimum absolute atomic E-state index is 0.271. The van der Waals surface area contributed by atoms with Crippen molar-refractivity contribution in [2.75, 3.05) is 13.1 Å². The summed E-state index contributed by atoms with van der Waals surface area (Å²) in [6, 6.07) is -0.363. The van der Waals surface area contributed by atoms with Crippen LogP contribution in [-0.4, -0.2) is 49.9 Å². The number of carbonyl (C=O) groups excluding carboxylic acids is 2. The molecule has 8 nitrogen and oxygen atoms in total. The number of thioether (sulfide) groups is 1. The highest BCUT2D eigenvalue weighted by molar-refractivity contribution is 8.00. The number of aromatic amines is 1. The first-order valence-electron chi connectivity index (χ1n) is 6.95. The van der Waals surface area contributed by atoms with Gasteiger partial charge >= 0.3 is 11.7 Å². The van der Waals surface area contributed by atoms with Crippen LogP contribution >= 0.6 is 11.8 Å². The summed E-state index contributed by atoms with van der Waals surface area (Å²) in [6.45, 7) is 5.18. The molecular formula is C12H19N5O3S. The minimum Gasteiger partial charge on any atom is -0.336 e. The fourth-order valence-corrected chi connectivity index (χ4v) is 2.96. The maximum Gasteiger partial charge on any atom is 0.343 e. The zero-order valence-corrected chi connectivity index (χ0v) is 12.9. The molecular weight excluding hydrogens is 294 g/mol. The summed E-state index contributed by atoms with van der Waals surface area (Å²) in [5.74, 6) is -0.271. The van der Waals surface area contributed by atoms with Gasteiger partial charge in [-0.15, -0.1) is 5.10 Å². The van der Waals surface area contributed by atoms with E-state index in [0.717, 1.165) is 12.8 Å². The van der Waals surface area contributed by atoms with Gasteiger partial charge in [-0.2, -0.15) is 0 Å². The molecule has 0 unspecified atom stereocenters. The Hall–Kier alpha value is -1.77. The molecule has 9 heteroatoms. The van der Waals surface area contributed by atoms with Crippen LogP contribution in [0.1, 0.15) is 26.7 Å². The van der Waals surface area contributed by atoms with Crippen LogP contribution in [0.25, 0.3) is 0 Å². The Morgan fingerprint density at radius 3 is 2.86 bits per heavy atom. The van der Waals surface area contributed by atoms with Crippen LogP contribution in [-0.2, 0) is 11.3 Å². The molecule has 0 saturated carbocycles. The smallest absolute Gasteiger partial charge is 0.336 e. The number of urea groups is 1. The number of rotatable bonds is 6. The molecule has 2 N–H and O–H groups in total. The van der Waals surface area contributed by atoms with Crippen LogP contribution in [0.2, 0.25) is 0 Å². The first-order valence-corrected chi connectivity index (χ1v) is 7.83. The molecule has 0 bridgehead atoms. The zero-order valence-electron chi connectivity index (χ0n) is 12.1. The van der Waals surface area contributed by atoms with Gasteiger partial charge in [-0.25, -0.2) is 14.7 Å². The van der Waals surface area contributed by atoms with E-state index < -0.39 is 5.25 Å². The van der Waals surface area contributed by atoms with Gasteiger partial charge in [0.25, 0.3) is 0 Å². The van der Waals surface area contributed by atoms with Gasteiger partial charge in [0.15, 0.2) is 5.16 Å². The summed E-state index contributed by atoms with van der Waals surface area (Å²) in [6.07, 6.45) is 1.83. The molecule has 1 atom stereocenters. The van der Waals surface area contributed by atoms with Crippen molar-refractivity contribution in [3.63, 3.8) is 0 Å². The van der Waals surface area contributed by atoms with E-state index in [1.54, 1.807) is 6.92 Å². The van der Waals surface area contributed by atoms with Crippen molar-refractivity contribution >= 4 is 23.7 Å². The van der Waals surface area contributed by atoms with E-state index in [1.807, 2.05) is 6.92 Å². The summed E-state index contributed by atoms with van der Waals surface area (Å²) in [5, 5.41) is 8.95. The van der Waals surface area contributed by atoms with Crippen LogP contribution in [0.5, 0.6) is 0 Å². The Morgan fingerprint density at radius 1 is 1.48 bits per heavy atom. The number of aromatic nitrogens is 3. The number of hydrogen-bond donors (Lipinski definition) is 2. The van der Waals surface area contributed by atoms with Crippen LogP contribution < -0.4 is 11.0 Å². The molecule has 0 spiro atoms. The Morgan fingerprint density at radius 2 is 2.24 bits per heavy atom. The first-order chi connectivity index (χ1) is 10.0. The van der Waals surface area contributed by atoms with Gasteiger partial charge < -0.3 is 5.32 Å². The van der Waals surface area contributed by atoms with E-state index in [0.29, 0.717) is 24.8 Å². The van der Waals surface area contributed by atoms with Crippen LogP contribution in [0.15, 0.2) is 9.95 Å². The predicted molar refractivity (Wildman–Crippen MR) is 78.2 cm³/mol. The second-order valence-electron chi connectivity index (χ2n) is 4.80. The van der Waals surface area contributed by atoms with Gasteiger partial charge in [-0.3, -0.25) is 14.3 Å². The first kappa shape index (κ1) is 15.6. The molecule has 3 amide bonds. The molecule has 0 aliphatic carbocycles. The van der Waals surface area contributed by atoms with Crippen molar-refractivity contribution in [3.05, 3.63) is 10.5 Å². The molecule has 2 rings (SSSR count). The number of H-pyrrole nitrogens is 1. The number of imide groups is 1. The molecule has 0 aromatic carbocycles. The quantitative estimate of drug-likeness (QED) is 0.741. The SMILES string of the molecule is CCCCn1c(S[C@H](C)C(=O)N2CCNC2=O)n[nH]c1=O. The second-order valence-corrected chi connectivity index (χ2v) is 6.11. The average molecular weight is 313 g/mol. The number of hydrogen-bond acceptors (Lipinski definition) is 5. The maximum atomic E-state index is 12.2. The Kier molecular flexibility index (Phi) is 5.05.